The van der Waals surface area contributed by atoms with Gasteiger partial charge in [-0.3, -0.25) is 15.0 Å². The third-order valence-electron chi connectivity index (χ3n) is 7.50. The summed E-state index contributed by atoms with van der Waals surface area (Å²) in [6.07, 6.45) is 4.71. The third-order valence-corrected chi connectivity index (χ3v) is 7.50. The van der Waals surface area contributed by atoms with Gasteiger partial charge in [0.1, 0.15) is 0 Å². The number of aromatic amines is 1. The van der Waals surface area contributed by atoms with Crippen LogP contribution in [0.15, 0.2) is 60.8 Å². The summed E-state index contributed by atoms with van der Waals surface area (Å²) in [5.74, 6) is 0. The summed E-state index contributed by atoms with van der Waals surface area (Å²) in [5, 5.41) is 13.7. The molecule has 1 atom stereocenters. The monoisotopic (exact) mass is 480 g/mol. The number of benzene rings is 2. The molecule has 0 aliphatic carbocycles. The Morgan fingerprint density at radius 2 is 2.03 bits per heavy atom. The number of hydrogen-bond donors (Lipinski definition) is 2. The summed E-state index contributed by atoms with van der Waals surface area (Å²) in [7, 11) is 0. The van der Waals surface area contributed by atoms with Crippen molar-refractivity contribution in [3.8, 4) is 11.3 Å². The van der Waals surface area contributed by atoms with Crippen LogP contribution in [0.5, 0.6) is 0 Å². The van der Waals surface area contributed by atoms with Crippen molar-refractivity contribution in [3.63, 3.8) is 0 Å². The second-order valence-electron chi connectivity index (χ2n) is 10.0. The van der Waals surface area contributed by atoms with Crippen molar-refractivity contribution < 1.29 is 4.79 Å². The molecule has 1 saturated heterocycles. The number of hydrogen-bond acceptors (Lipinski definition) is 4. The number of carbonyl (C=O) groups is 1. The predicted molar refractivity (Wildman–Crippen MR) is 141 cm³/mol. The molecule has 0 bridgehead atoms. The van der Waals surface area contributed by atoms with Crippen molar-refractivity contribution in [2.45, 2.75) is 45.3 Å². The third kappa shape index (κ3) is 4.58. The van der Waals surface area contributed by atoms with E-state index in [0.717, 1.165) is 67.1 Å². The van der Waals surface area contributed by atoms with E-state index < -0.39 is 0 Å². The van der Waals surface area contributed by atoms with Crippen LogP contribution in [0.3, 0.4) is 0 Å². The number of amides is 2. The Kier molecular flexibility index (Phi) is 6.15. The average molecular weight is 481 g/mol. The molecule has 7 heteroatoms. The first-order valence-electron chi connectivity index (χ1n) is 12.9. The Morgan fingerprint density at radius 3 is 2.94 bits per heavy atom. The zero-order valence-corrected chi connectivity index (χ0v) is 20.7. The first-order chi connectivity index (χ1) is 17.6. The second-order valence-corrected chi connectivity index (χ2v) is 10.0. The van der Waals surface area contributed by atoms with Crippen LogP contribution >= 0.6 is 0 Å². The van der Waals surface area contributed by atoms with E-state index in [1.807, 2.05) is 30.2 Å². The lowest BCUT2D eigenvalue weighted by Gasteiger charge is -2.35. The molecule has 7 nitrogen and oxygen atoms in total. The maximum absolute atomic E-state index is 13.3. The molecule has 1 fully saturated rings. The number of nitrogens with zero attached hydrogens (tertiary/aromatic N) is 4. The van der Waals surface area contributed by atoms with Gasteiger partial charge in [0.15, 0.2) is 0 Å². The minimum atomic E-state index is 0.0238. The Labute approximate surface area is 211 Å². The molecule has 36 heavy (non-hydrogen) atoms. The second kappa shape index (κ2) is 9.74. The van der Waals surface area contributed by atoms with Gasteiger partial charge in [0.25, 0.3) is 0 Å². The fourth-order valence-electron chi connectivity index (χ4n) is 5.65. The number of carbonyl (C=O) groups excluding carboxylic acids is 1. The van der Waals surface area contributed by atoms with E-state index in [4.69, 9.17) is 0 Å². The smallest absolute Gasteiger partial charge is 0.317 e. The highest BCUT2D eigenvalue weighted by atomic mass is 16.2. The number of aromatic nitrogens is 3. The fourth-order valence-corrected chi connectivity index (χ4v) is 5.65. The summed E-state index contributed by atoms with van der Waals surface area (Å²) in [4.78, 5) is 22.0. The molecule has 0 unspecified atom stereocenters. The van der Waals surface area contributed by atoms with E-state index in [1.54, 1.807) is 0 Å². The van der Waals surface area contributed by atoms with Gasteiger partial charge in [0.05, 0.1) is 12.2 Å². The van der Waals surface area contributed by atoms with Crippen LogP contribution in [0.25, 0.3) is 22.0 Å². The molecule has 2 aliphatic rings. The molecular weight excluding hydrogens is 448 g/mol. The topological polar surface area (TPSA) is 77.2 Å². The Hall–Kier alpha value is -3.71. The Bertz CT molecular complexity index is 1390. The lowest BCUT2D eigenvalue weighted by atomic mass is 10.0. The van der Waals surface area contributed by atoms with Gasteiger partial charge in [-0.2, -0.15) is 5.10 Å². The van der Waals surface area contributed by atoms with Gasteiger partial charge < -0.3 is 10.2 Å². The van der Waals surface area contributed by atoms with Gasteiger partial charge in [0.2, 0.25) is 0 Å². The van der Waals surface area contributed by atoms with Crippen molar-refractivity contribution in [3.05, 3.63) is 83.3 Å². The van der Waals surface area contributed by atoms with Crippen molar-refractivity contribution in [2.24, 2.45) is 0 Å². The zero-order chi connectivity index (χ0) is 24.5. The lowest BCUT2D eigenvalue weighted by Crippen LogP contribution is -2.52. The molecule has 0 spiro atoms. The van der Waals surface area contributed by atoms with Crippen molar-refractivity contribution >= 4 is 16.8 Å². The molecule has 2 N–H and O–H groups in total. The van der Waals surface area contributed by atoms with E-state index >= 15 is 0 Å². The van der Waals surface area contributed by atoms with Crippen LogP contribution in [0.4, 0.5) is 4.79 Å². The van der Waals surface area contributed by atoms with Crippen LogP contribution in [0.1, 0.15) is 35.4 Å². The van der Waals surface area contributed by atoms with Gasteiger partial charge in [-0.25, -0.2) is 4.79 Å². The number of pyridine rings is 1. The lowest BCUT2D eigenvalue weighted by molar-refractivity contribution is 0.160. The number of nitrogens with one attached hydrogen (secondary N) is 2. The molecule has 2 amide bonds. The van der Waals surface area contributed by atoms with E-state index in [2.05, 4.69) is 67.9 Å². The Morgan fingerprint density at radius 1 is 1.14 bits per heavy atom. The molecule has 184 valence electrons. The molecule has 2 aromatic heterocycles. The molecule has 6 rings (SSSR count). The highest BCUT2D eigenvalue weighted by molar-refractivity contribution is 5.85. The first-order valence-corrected chi connectivity index (χ1v) is 12.9. The molecule has 2 aliphatic heterocycles. The molecule has 4 aromatic rings. The number of rotatable bonds is 4. The maximum atomic E-state index is 13.3. The number of urea groups is 1. The quantitative estimate of drug-likeness (QED) is 0.445. The van der Waals surface area contributed by atoms with Crippen molar-refractivity contribution in [1.82, 2.24) is 30.3 Å². The van der Waals surface area contributed by atoms with E-state index in [9.17, 15) is 4.79 Å². The molecule has 2 aromatic carbocycles. The normalized spacial score (nSPS) is 18.2. The molecular formula is C29H32N6O. The summed E-state index contributed by atoms with van der Waals surface area (Å²) in [6, 6.07) is 19.3. The largest absolute Gasteiger partial charge is 0.334 e. The van der Waals surface area contributed by atoms with Gasteiger partial charge in [-0.1, -0.05) is 42.5 Å². The molecule has 4 heterocycles. The number of H-pyrrole nitrogens is 1. The molecule has 0 radical (unpaired) electrons. The maximum Gasteiger partial charge on any atom is 0.317 e. The van der Waals surface area contributed by atoms with Crippen molar-refractivity contribution in [1.29, 1.82) is 0 Å². The van der Waals surface area contributed by atoms with Gasteiger partial charge in [0, 0.05) is 60.8 Å². The van der Waals surface area contributed by atoms with Crippen LogP contribution < -0.4 is 5.32 Å². The average Bonchev–Trinajstić information content (AvgIpc) is 3.33. The Balaban J connectivity index is 1.11. The first kappa shape index (κ1) is 22.7. The summed E-state index contributed by atoms with van der Waals surface area (Å²) < 4.78 is 0. The highest BCUT2D eigenvalue weighted by Crippen LogP contribution is 2.29. The minimum Gasteiger partial charge on any atom is -0.334 e. The SMILES string of the molecule is Cc1cc(-c2n[nH]c3c2CN(C(=O)N[C@@H]2CCCN(Cc4cccc5ccccc45)C2)CC3)ccn1. The van der Waals surface area contributed by atoms with Gasteiger partial charge in [-0.15, -0.1) is 0 Å². The summed E-state index contributed by atoms with van der Waals surface area (Å²) >= 11 is 0. The van der Waals surface area contributed by atoms with Gasteiger partial charge >= 0.3 is 6.03 Å². The summed E-state index contributed by atoms with van der Waals surface area (Å²) in [5.41, 5.74) is 6.51. The van der Waals surface area contributed by atoms with E-state index in [1.165, 1.54) is 16.3 Å². The van der Waals surface area contributed by atoms with Gasteiger partial charge in [-0.05, 0) is 54.8 Å². The summed E-state index contributed by atoms with van der Waals surface area (Å²) in [6.45, 7) is 6.09. The van der Waals surface area contributed by atoms with Crippen LogP contribution in [-0.2, 0) is 19.5 Å². The molecule has 0 saturated carbocycles. The standard InChI is InChI=1S/C29H32N6O/c1-20-16-22(11-13-30-20)28-26-19-35(15-12-27(26)32-33-28)29(36)31-24-9-5-14-34(18-24)17-23-8-4-7-21-6-2-3-10-25(21)23/h2-4,6-8,10-11,13,16,24H,5,9,12,14-15,17-19H2,1H3,(H,31,36)(H,32,33)/t24-/m1/s1. The predicted octanol–water partition coefficient (Wildman–Crippen LogP) is 4.67. The van der Waals surface area contributed by atoms with Crippen LogP contribution in [0.2, 0.25) is 0 Å². The zero-order valence-electron chi connectivity index (χ0n) is 20.7. The number of aryl methyl sites for hydroxylation is 1. The van der Waals surface area contributed by atoms with E-state index in [-0.39, 0.29) is 12.1 Å². The van der Waals surface area contributed by atoms with Crippen LogP contribution in [0, 0.1) is 6.92 Å². The fraction of sp³-hybridized carbons (Fsp3) is 0.345. The van der Waals surface area contributed by atoms with E-state index in [0.29, 0.717) is 13.1 Å². The number of fused-ring (bicyclic) bond motifs is 2. The minimum absolute atomic E-state index is 0.0238. The number of likely N-dealkylation sites (tertiary alicyclic amines) is 1. The highest BCUT2D eigenvalue weighted by Gasteiger charge is 2.28. The van der Waals surface area contributed by atoms with Crippen molar-refractivity contribution in [2.75, 3.05) is 19.6 Å². The van der Waals surface area contributed by atoms with Crippen LogP contribution in [-0.4, -0.2) is 56.7 Å². The number of piperidine rings is 1.